The molecule has 0 aliphatic heterocycles. The first kappa shape index (κ1) is 13.2. The zero-order valence-electron chi connectivity index (χ0n) is 15.4. The minimum absolute atomic E-state index is 0.274. The Bertz CT molecular complexity index is 700. The molecule has 0 radical (unpaired) electrons. The second-order valence-corrected chi connectivity index (χ2v) is 12.5. The van der Waals surface area contributed by atoms with Gasteiger partial charge in [-0.15, -0.1) is 0 Å². The second-order valence-electron chi connectivity index (χ2n) is 12.5. The van der Waals surface area contributed by atoms with E-state index < -0.39 is 0 Å². The molecule has 130 valence electrons. The fourth-order valence-corrected chi connectivity index (χ4v) is 13.9. The molecule has 0 saturated heterocycles. The molecule has 24 heavy (non-hydrogen) atoms. The van der Waals surface area contributed by atoms with Crippen molar-refractivity contribution in [1.29, 1.82) is 0 Å². The quantitative estimate of drug-likeness (QED) is 0.771. The molecule has 0 aromatic rings. The van der Waals surface area contributed by atoms with Gasteiger partial charge in [0, 0.05) is 6.61 Å². The Balaban J connectivity index is 1.51. The molecule has 1 nitrogen and oxygen atoms in total. The van der Waals surface area contributed by atoms with E-state index in [4.69, 9.17) is 0 Å². The van der Waals surface area contributed by atoms with Crippen molar-refractivity contribution in [2.75, 3.05) is 6.61 Å². The molecule has 0 unspecified atom stereocenters. The van der Waals surface area contributed by atoms with Crippen LogP contribution in [0.2, 0.25) is 0 Å². The van der Waals surface area contributed by atoms with Crippen molar-refractivity contribution in [2.24, 2.45) is 87.3 Å². The van der Waals surface area contributed by atoms with Gasteiger partial charge in [-0.1, -0.05) is 20.8 Å². The molecule has 0 spiro atoms. The van der Waals surface area contributed by atoms with Crippen molar-refractivity contribution >= 4 is 0 Å². The molecule has 0 aromatic heterocycles. The van der Waals surface area contributed by atoms with E-state index in [0.717, 1.165) is 71.0 Å². The Kier molecular flexibility index (Phi) is 1.75. The number of fused-ring (bicyclic) bond motifs is 4. The zero-order valence-corrected chi connectivity index (χ0v) is 15.4. The standard InChI is InChI=1S/C23H32O/c1-21-7-6-11-16-14-13-15(22(16,2)8-24)9-4-5-10-12(9)18(13)23(3,20(10)21)19(14)17(11)21/h9-20,24H,4-8H2,1-3H3/t9-,10-,11+,12+,13+,14-,15+,16+,17+,18+,19+,20+,21+,22+,23+/m0/s1. The van der Waals surface area contributed by atoms with Crippen LogP contribution in [-0.2, 0) is 0 Å². The molecule has 0 aromatic carbocycles. The van der Waals surface area contributed by atoms with Gasteiger partial charge in [0.1, 0.15) is 0 Å². The monoisotopic (exact) mass is 324 g/mol. The highest BCUT2D eigenvalue weighted by molar-refractivity contribution is 5.38. The molecule has 8 aliphatic carbocycles. The van der Waals surface area contributed by atoms with Crippen LogP contribution in [0.3, 0.4) is 0 Å². The third-order valence-electron chi connectivity index (χ3n) is 13.0. The van der Waals surface area contributed by atoms with Crippen molar-refractivity contribution in [2.45, 2.75) is 46.5 Å². The first-order chi connectivity index (χ1) is 11.5. The van der Waals surface area contributed by atoms with Gasteiger partial charge in [-0.25, -0.2) is 0 Å². The van der Waals surface area contributed by atoms with Gasteiger partial charge >= 0.3 is 0 Å². The second kappa shape index (κ2) is 3.19. The lowest BCUT2D eigenvalue weighted by molar-refractivity contribution is -0.00653. The van der Waals surface area contributed by atoms with Crippen molar-refractivity contribution in [3.8, 4) is 0 Å². The molecule has 0 heterocycles. The largest absolute Gasteiger partial charge is 0.396 e. The fraction of sp³-hybridized carbons (Fsp3) is 1.00. The fourth-order valence-electron chi connectivity index (χ4n) is 13.9. The molecule has 8 rings (SSSR count). The highest BCUT2D eigenvalue weighted by Crippen LogP contribution is 2.95. The van der Waals surface area contributed by atoms with Crippen LogP contribution < -0.4 is 0 Å². The highest BCUT2D eigenvalue weighted by Gasteiger charge is 2.91. The number of rotatable bonds is 1. The van der Waals surface area contributed by atoms with Crippen LogP contribution in [0.15, 0.2) is 0 Å². The predicted octanol–water partition coefficient (Wildman–Crippen LogP) is 4.06. The van der Waals surface area contributed by atoms with Crippen LogP contribution in [0.4, 0.5) is 0 Å². The van der Waals surface area contributed by atoms with Gasteiger partial charge in [0.2, 0.25) is 0 Å². The number of hydrogen-bond acceptors (Lipinski definition) is 1. The molecule has 8 saturated carbocycles. The van der Waals surface area contributed by atoms with E-state index in [1.807, 2.05) is 0 Å². The van der Waals surface area contributed by atoms with Crippen LogP contribution in [0.25, 0.3) is 0 Å². The summed E-state index contributed by atoms with van der Waals surface area (Å²) < 4.78 is 0. The van der Waals surface area contributed by atoms with Crippen molar-refractivity contribution in [3.63, 3.8) is 0 Å². The molecular formula is C23H32O. The molecule has 1 heteroatoms. The van der Waals surface area contributed by atoms with E-state index in [1.165, 1.54) is 19.3 Å². The van der Waals surface area contributed by atoms with Gasteiger partial charge in [-0.05, 0) is 113 Å². The number of aliphatic hydroxyl groups excluding tert-OH is 1. The Morgan fingerprint density at radius 1 is 0.750 bits per heavy atom. The van der Waals surface area contributed by atoms with Crippen LogP contribution in [-0.4, -0.2) is 11.7 Å². The molecular weight excluding hydrogens is 292 g/mol. The molecule has 0 amide bonds. The molecule has 8 aliphatic rings. The summed E-state index contributed by atoms with van der Waals surface area (Å²) in [5, 5.41) is 10.7. The maximum Gasteiger partial charge on any atom is 0.0490 e. The van der Waals surface area contributed by atoms with Gasteiger partial charge in [0.15, 0.2) is 0 Å². The first-order valence-electron chi connectivity index (χ1n) is 11.1. The summed E-state index contributed by atoms with van der Waals surface area (Å²) in [5.74, 6) is 12.2. The smallest absolute Gasteiger partial charge is 0.0490 e. The van der Waals surface area contributed by atoms with Gasteiger partial charge in [0.05, 0.1) is 0 Å². The Hall–Kier alpha value is -0.0400. The van der Waals surface area contributed by atoms with Crippen LogP contribution in [0.5, 0.6) is 0 Å². The normalized spacial score (nSPS) is 83.0. The number of hydrogen-bond donors (Lipinski definition) is 1. The van der Waals surface area contributed by atoms with E-state index in [2.05, 4.69) is 20.8 Å². The maximum absolute atomic E-state index is 10.7. The molecule has 1 N–H and O–H groups in total. The minimum Gasteiger partial charge on any atom is -0.396 e. The van der Waals surface area contributed by atoms with E-state index >= 15 is 0 Å². The molecule has 0 bridgehead atoms. The van der Waals surface area contributed by atoms with E-state index in [1.54, 1.807) is 6.42 Å². The molecule has 8 fully saturated rings. The minimum atomic E-state index is 0.274. The van der Waals surface area contributed by atoms with Crippen LogP contribution in [0.1, 0.15) is 46.5 Å². The van der Waals surface area contributed by atoms with Gasteiger partial charge in [0.25, 0.3) is 0 Å². The lowest BCUT2D eigenvalue weighted by Crippen LogP contribution is -2.42. The zero-order chi connectivity index (χ0) is 16.0. The Morgan fingerprint density at radius 3 is 2.25 bits per heavy atom. The summed E-state index contributed by atoms with van der Waals surface area (Å²) in [6.07, 6.45) is 6.10. The highest BCUT2D eigenvalue weighted by atomic mass is 16.3. The third-order valence-corrected chi connectivity index (χ3v) is 13.0. The lowest BCUT2D eigenvalue weighted by atomic mass is 9.61. The van der Waals surface area contributed by atoms with Gasteiger partial charge in [-0.3, -0.25) is 0 Å². The average molecular weight is 325 g/mol. The van der Waals surface area contributed by atoms with Crippen molar-refractivity contribution in [1.82, 2.24) is 0 Å². The molecule has 15 atom stereocenters. The lowest BCUT2D eigenvalue weighted by Gasteiger charge is -2.44. The first-order valence-corrected chi connectivity index (χ1v) is 11.1. The Labute approximate surface area is 146 Å². The topological polar surface area (TPSA) is 20.2 Å². The SMILES string of the molecule is C[C@@]1(CO)[C@@H]2[C@H]3CC[C@H]4[C@@H]3[C@@H]3[C@@H]2[C@H]2[C@H]1[C@H]1CC[C@]5(C)[C@H]1[C@@H]2[C@]3(C)[C@H]45. The number of aliphatic hydroxyl groups is 1. The van der Waals surface area contributed by atoms with Crippen molar-refractivity contribution in [3.05, 3.63) is 0 Å². The van der Waals surface area contributed by atoms with E-state index in [0.29, 0.717) is 17.4 Å². The maximum atomic E-state index is 10.7. The summed E-state index contributed by atoms with van der Waals surface area (Å²) in [7, 11) is 0. The summed E-state index contributed by atoms with van der Waals surface area (Å²) in [4.78, 5) is 0. The predicted molar refractivity (Wildman–Crippen MR) is 91.8 cm³/mol. The van der Waals surface area contributed by atoms with Crippen LogP contribution in [0, 0.1) is 87.3 Å². The average Bonchev–Trinajstić information content (AvgIpc) is 3.29. The summed E-state index contributed by atoms with van der Waals surface area (Å²) >= 11 is 0. The van der Waals surface area contributed by atoms with Crippen molar-refractivity contribution < 1.29 is 5.11 Å². The summed E-state index contributed by atoms with van der Waals surface area (Å²) in [5.41, 5.74) is 1.66. The van der Waals surface area contributed by atoms with Gasteiger partial charge < -0.3 is 5.11 Å². The Morgan fingerprint density at radius 2 is 1.46 bits per heavy atom. The van der Waals surface area contributed by atoms with E-state index in [-0.39, 0.29) is 5.41 Å². The van der Waals surface area contributed by atoms with Gasteiger partial charge in [-0.2, -0.15) is 0 Å². The van der Waals surface area contributed by atoms with E-state index in [9.17, 15) is 5.11 Å². The summed E-state index contributed by atoms with van der Waals surface area (Å²) in [6.45, 7) is 8.61. The summed E-state index contributed by atoms with van der Waals surface area (Å²) in [6, 6.07) is 0. The third kappa shape index (κ3) is 0.828. The van der Waals surface area contributed by atoms with Crippen LogP contribution >= 0.6 is 0 Å².